The molecular formula is C22H23N3OS. The molecule has 1 N–H and O–H groups in total. The summed E-state index contributed by atoms with van der Waals surface area (Å²) in [7, 11) is 0. The molecule has 1 aromatic heterocycles. The monoisotopic (exact) mass is 377 g/mol. The maximum absolute atomic E-state index is 13.0. The van der Waals surface area contributed by atoms with Crippen LogP contribution in [0.1, 0.15) is 48.7 Å². The van der Waals surface area contributed by atoms with Crippen LogP contribution in [-0.4, -0.2) is 16.1 Å². The molecule has 0 spiro atoms. The number of rotatable bonds is 7. The Morgan fingerprint density at radius 2 is 1.63 bits per heavy atom. The van der Waals surface area contributed by atoms with Crippen LogP contribution in [0.25, 0.3) is 11.6 Å². The molecule has 0 unspecified atom stereocenters. The number of carbonyl (C=O) groups is 1. The lowest BCUT2D eigenvalue weighted by atomic mass is 10.0. The first-order valence-corrected chi connectivity index (χ1v) is 9.99. The van der Waals surface area contributed by atoms with Gasteiger partial charge in [-0.1, -0.05) is 85.8 Å². The van der Waals surface area contributed by atoms with Crippen molar-refractivity contribution in [1.29, 1.82) is 0 Å². The van der Waals surface area contributed by atoms with Crippen molar-refractivity contribution in [2.24, 2.45) is 0 Å². The number of nitrogens with one attached hydrogen (secondary N) is 1. The molecule has 0 saturated heterocycles. The van der Waals surface area contributed by atoms with Crippen molar-refractivity contribution in [2.75, 3.05) is 5.32 Å². The second kappa shape index (κ2) is 9.24. The summed E-state index contributed by atoms with van der Waals surface area (Å²) in [6.45, 7) is 4.29. The first-order valence-electron chi connectivity index (χ1n) is 9.18. The Hall–Kier alpha value is -2.79. The van der Waals surface area contributed by atoms with Crippen molar-refractivity contribution in [3.05, 3.63) is 76.8 Å². The lowest BCUT2D eigenvalue weighted by molar-refractivity contribution is -0.111. The zero-order valence-electron chi connectivity index (χ0n) is 15.6. The Labute approximate surface area is 164 Å². The molecule has 3 aromatic rings. The van der Waals surface area contributed by atoms with Crippen LogP contribution in [-0.2, 0) is 4.79 Å². The Morgan fingerprint density at radius 1 is 1.00 bits per heavy atom. The van der Waals surface area contributed by atoms with E-state index in [1.54, 1.807) is 0 Å². The number of hydrogen-bond acceptors (Lipinski definition) is 4. The van der Waals surface area contributed by atoms with Gasteiger partial charge in [0.05, 0.1) is 0 Å². The Kier molecular flexibility index (Phi) is 6.49. The van der Waals surface area contributed by atoms with Gasteiger partial charge in [0.2, 0.25) is 5.13 Å². The normalized spacial score (nSPS) is 11.6. The molecule has 0 saturated carbocycles. The van der Waals surface area contributed by atoms with E-state index in [2.05, 4.69) is 29.4 Å². The highest BCUT2D eigenvalue weighted by Gasteiger charge is 2.17. The number of anilines is 1. The third kappa shape index (κ3) is 4.89. The molecule has 5 heteroatoms. The number of amides is 1. The van der Waals surface area contributed by atoms with Crippen LogP contribution in [0.3, 0.4) is 0 Å². The van der Waals surface area contributed by atoms with Gasteiger partial charge in [0.25, 0.3) is 5.91 Å². The molecule has 4 nitrogen and oxygen atoms in total. The van der Waals surface area contributed by atoms with Crippen LogP contribution in [0, 0.1) is 0 Å². The van der Waals surface area contributed by atoms with Crippen molar-refractivity contribution in [3.63, 3.8) is 0 Å². The SMILES string of the molecule is CCC(CC)c1nnc(NC(=O)/C(=C/c2ccccc2)c2ccccc2)s1. The van der Waals surface area contributed by atoms with Gasteiger partial charge in [-0.2, -0.15) is 0 Å². The van der Waals surface area contributed by atoms with Crippen LogP contribution in [0.4, 0.5) is 5.13 Å². The summed E-state index contributed by atoms with van der Waals surface area (Å²) in [6.07, 6.45) is 3.93. The molecule has 0 aliphatic rings. The minimum absolute atomic E-state index is 0.183. The molecule has 2 aromatic carbocycles. The quantitative estimate of drug-likeness (QED) is 0.429. The molecule has 0 radical (unpaired) electrons. The molecule has 138 valence electrons. The molecule has 0 bridgehead atoms. The molecule has 27 heavy (non-hydrogen) atoms. The average molecular weight is 378 g/mol. The summed E-state index contributed by atoms with van der Waals surface area (Å²) in [5.74, 6) is 0.207. The highest BCUT2D eigenvalue weighted by atomic mass is 32.1. The first kappa shape index (κ1) is 19.0. The average Bonchev–Trinajstić information content (AvgIpc) is 3.16. The van der Waals surface area contributed by atoms with Crippen molar-refractivity contribution >= 4 is 34.0 Å². The Morgan fingerprint density at radius 3 is 2.26 bits per heavy atom. The van der Waals surface area contributed by atoms with E-state index in [1.165, 1.54) is 11.3 Å². The number of nitrogens with zero attached hydrogens (tertiary/aromatic N) is 2. The maximum atomic E-state index is 13.0. The lowest BCUT2D eigenvalue weighted by Crippen LogP contribution is -2.13. The Bertz CT molecular complexity index is 900. The molecule has 0 fully saturated rings. The largest absolute Gasteiger partial charge is 0.296 e. The fourth-order valence-electron chi connectivity index (χ4n) is 2.87. The fourth-order valence-corrected chi connectivity index (χ4v) is 3.87. The van der Waals surface area contributed by atoms with E-state index in [1.807, 2.05) is 66.7 Å². The van der Waals surface area contributed by atoms with Gasteiger partial charge in [-0.05, 0) is 30.0 Å². The summed E-state index contributed by atoms with van der Waals surface area (Å²) in [6, 6.07) is 19.5. The molecule has 1 heterocycles. The molecule has 0 aliphatic carbocycles. The van der Waals surface area contributed by atoms with E-state index in [-0.39, 0.29) is 5.91 Å². The lowest BCUT2D eigenvalue weighted by Gasteiger charge is -2.08. The third-order valence-electron chi connectivity index (χ3n) is 4.44. The number of carbonyl (C=O) groups excluding carboxylic acids is 1. The summed E-state index contributed by atoms with van der Waals surface area (Å²) in [5.41, 5.74) is 2.44. The van der Waals surface area contributed by atoms with Crippen LogP contribution in [0.2, 0.25) is 0 Å². The molecule has 0 atom stereocenters. The highest BCUT2D eigenvalue weighted by molar-refractivity contribution is 7.15. The van der Waals surface area contributed by atoms with Crippen LogP contribution in [0.15, 0.2) is 60.7 Å². The fraction of sp³-hybridized carbons (Fsp3) is 0.227. The zero-order chi connectivity index (χ0) is 19.1. The number of hydrogen-bond donors (Lipinski definition) is 1. The highest BCUT2D eigenvalue weighted by Crippen LogP contribution is 2.29. The van der Waals surface area contributed by atoms with E-state index < -0.39 is 0 Å². The first-order chi connectivity index (χ1) is 13.2. The van der Waals surface area contributed by atoms with Gasteiger partial charge in [0.1, 0.15) is 5.01 Å². The van der Waals surface area contributed by atoms with Gasteiger partial charge >= 0.3 is 0 Å². The van der Waals surface area contributed by atoms with Crippen molar-refractivity contribution in [1.82, 2.24) is 10.2 Å². The standard InChI is InChI=1S/C22H23N3OS/c1-3-17(4-2)21-24-25-22(27-21)23-20(26)19(18-13-9-6-10-14-18)15-16-11-7-5-8-12-16/h5-15,17H,3-4H2,1-2H3,(H,23,25,26)/b19-15+. The second-order valence-electron chi connectivity index (χ2n) is 6.25. The second-order valence-corrected chi connectivity index (χ2v) is 7.26. The number of benzene rings is 2. The predicted octanol–water partition coefficient (Wildman–Crippen LogP) is 5.62. The van der Waals surface area contributed by atoms with Crippen LogP contribution in [0.5, 0.6) is 0 Å². The molecule has 3 rings (SSSR count). The van der Waals surface area contributed by atoms with Gasteiger partial charge in [0.15, 0.2) is 0 Å². The van der Waals surface area contributed by atoms with Crippen LogP contribution < -0.4 is 5.32 Å². The minimum Gasteiger partial charge on any atom is -0.296 e. The predicted molar refractivity (Wildman–Crippen MR) is 113 cm³/mol. The summed E-state index contributed by atoms with van der Waals surface area (Å²) < 4.78 is 0. The van der Waals surface area contributed by atoms with Crippen LogP contribution >= 0.6 is 11.3 Å². The van der Waals surface area contributed by atoms with E-state index in [0.29, 0.717) is 16.6 Å². The van der Waals surface area contributed by atoms with Crippen molar-refractivity contribution in [2.45, 2.75) is 32.6 Å². The van der Waals surface area contributed by atoms with Gasteiger partial charge in [-0.25, -0.2) is 0 Å². The Balaban J connectivity index is 1.87. The van der Waals surface area contributed by atoms with E-state index in [4.69, 9.17) is 0 Å². The number of aromatic nitrogens is 2. The topological polar surface area (TPSA) is 54.9 Å². The molecule has 0 aliphatic heterocycles. The van der Waals surface area contributed by atoms with Gasteiger partial charge in [-0.3, -0.25) is 10.1 Å². The molecular weight excluding hydrogens is 354 g/mol. The summed E-state index contributed by atoms with van der Waals surface area (Å²) in [5, 5.41) is 12.9. The zero-order valence-corrected chi connectivity index (χ0v) is 16.4. The smallest absolute Gasteiger partial charge is 0.258 e. The molecule has 1 amide bonds. The third-order valence-corrected chi connectivity index (χ3v) is 5.44. The van der Waals surface area contributed by atoms with Gasteiger partial charge in [0, 0.05) is 11.5 Å². The summed E-state index contributed by atoms with van der Waals surface area (Å²) >= 11 is 1.46. The van der Waals surface area contributed by atoms with Crippen molar-refractivity contribution in [3.8, 4) is 0 Å². The van der Waals surface area contributed by atoms with E-state index in [0.717, 1.165) is 29.0 Å². The van der Waals surface area contributed by atoms with Gasteiger partial charge < -0.3 is 0 Å². The van der Waals surface area contributed by atoms with E-state index >= 15 is 0 Å². The summed E-state index contributed by atoms with van der Waals surface area (Å²) in [4.78, 5) is 13.0. The van der Waals surface area contributed by atoms with Crippen molar-refractivity contribution < 1.29 is 4.79 Å². The minimum atomic E-state index is -0.183. The van der Waals surface area contributed by atoms with Gasteiger partial charge in [-0.15, -0.1) is 10.2 Å². The maximum Gasteiger partial charge on any atom is 0.258 e. The van der Waals surface area contributed by atoms with E-state index in [9.17, 15) is 4.79 Å².